The normalized spacial score (nSPS) is 16.9. The predicted molar refractivity (Wildman–Crippen MR) is 107 cm³/mol. The Morgan fingerprint density at radius 2 is 2.11 bits per heavy atom. The Morgan fingerprint density at radius 3 is 2.81 bits per heavy atom. The standard InChI is InChI=1S/C21H23BrN2O3/c1-3-27-21(26)16-7-5-11-24(13-16)20(25)18-9-10-19(23-14(18)2)15-6-4-8-17(22)12-15/h4,6,8-10,12,16H,3,5,7,11,13H2,1-2H3. The van der Waals surface area contributed by atoms with Crippen molar-refractivity contribution < 1.29 is 14.3 Å². The van der Waals surface area contributed by atoms with Crippen molar-refractivity contribution in [3.8, 4) is 11.3 Å². The van der Waals surface area contributed by atoms with Crippen molar-refractivity contribution in [2.24, 2.45) is 5.92 Å². The number of hydrogen-bond donors (Lipinski definition) is 0. The monoisotopic (exact) mass is 430 g/mol. The Hall–Kier alpha value is -2.21. The van der Waals surface area contributed by atoms with Crippen molar-refractivity contribution >= 4 is 27.8 Å². The van der Waals surface area contributed by atoms with E-state index >= 15 is 0 Å². The Balaban J connectivity index is 1.77. The van der Waals surface area contributed by atoms with Crippen LogP contribution in [0.5, 0.6) is 0 Å². The highest BCUT2D eigenvalue weighted by Crippen LogP contribution is 2.24. The number of carbonyl (C=O) groups excluding carboxylic acids is 2. The van der Waals surface area contributed by atoms with Crippen LogP contribution in [0.1, 0.15) is 35.8 Å². The second kappa shape index (κ2) is 8.65. The average Bonchev–Trinajstić information content (AvgIpc) is 2.67. The number of rotatable bonds is 4. The molecule has 0 saturated carbocycles. The van der Waals surface area contributed by atoms with Gasteiger partial charge in [-0.2, -0.15) is 0 Å². The molecule has 2 heterocycles. The maximum atomic E-state index is 13.0. The molecule has 2 aromatic rings. The van der Waals surface area contributed by atoms with Gasteiger partial charge < -0.3 is 9.64 Å². The predicted octanol–water partition coefficient (Wildman–Crippen LogP) is 4.23. The fourth-order valence-electron chi connectivity index (χ4n) is 3.38. The molecule has 0 radical (unpaired) electrons. The molecule has 0 bridgehead atoms. The Morgan fingerprint density at radius 1 is 1.30 bits per heavy atom. The van der Waals surface area contributed by atoms with Gasteiger partial charge in [-0.05, 0) is 51.0 Å². The van der Waals surface area contributed by atoms with E-state index in [1.54, 1.807) is 11.8 Å². The number of aromatic nitrogens is 1. The molecule has 1 aromatic carbocycles. The SMILES string of the molecule is CCOC(=O)C1CCCN(C(=O)c2ccc(-c3cccc(Br)c3)nc2C)C1. The van der Waals surface area contributed by atoms with Crippen LogP contribution in [-0.2, 0) is 9.53 Å². The lowest BCUT2D eigenvalue weighted by molar-refractivity contribution is -0.149. The molecule has 5 nitrogen and oxygen atoms in total. The van der Waals surface area contributed by atoms with Crippen LogP contribution >= 0.6 is 15.9 Å². The van der Waals surface area contributed by atoms with Gasteiger partial charge in [-0.15, -0.1) is 0 Å². The van der Waals surface area contributed by atoms with Crippen molar-refractivity contribution in [1.29, 1.82) is 0 Å². The van der Waals surface area contributed by atoms with Crippen LogP contribution in [0, 0.1) is 12.8 Å². The highest BCUT2D eigenvalue weighted by molar-refractivity contribution is 9.10. The molecule has 1 saturated heterocycles. The lowest BCUT2D eigenvalue weighted by Gasteiger charge is -2.31. The highest BCUT2D eigenvalue weighted by atomic mass is 79.9. The Labute approximate surface area is 167 Å². The molecule has 3 rings (SSSR count). The summed E-state index contributed by atoms with van der Waals surface area (Å²) in [7, 11) is 0. The largest absolute Gasteiger partial charge is 0.466 e. The van der Waals surface area contributed by atoms with Crippen molar-refractivity contribution in [3.63, 3.8) is 0 Å². The van der Waals surface area contributed by atoms with Gasteiger partial charge in [0.05, 0.1) is 29.5 Å². The summed E-state index contributed by atoms with van der Waals surface area (Å²) in [6.45, 7) is 5.07. The maximum Gasteiger partial charge on any atom is 0.310 e. The fourth-order valence-corrected chi connectivity index (χ4v) is 3.78. The summed E-state index contributed by atoms with van der Waals surface area (Å²) in [4.78, 5) is 31.4. The second-order valence-electron chi connectivity index (χ2n) is 6.68. The van der Waals surface area contributed by atoms with E-state index in [0.29, 0.717) is 31.0 Å². The molecule has 1 aliphatic rings. The lowest BCUT2D eigenvalue weighted by atomic mass is 9.97. The first-order valence-corrected chi connectivity index (χ1v) is 9.98. The van der Waals surface area contributed by atoms with Crippen LogP contribution in [0.2, 0.25) is 0 Å². The molecule has 0 spiro atoms. The molecule has 1 aliphatic heterocycles. The van der Waals surface area contributed by atoms with Gasteiger partial charge in [-0.1, -0.05) is 28.1 Å². The van der Waals surface area contributed by atoms with Gasteiger partial charge in [0.15, 0.2) is 0 Å². The summed E-state index contributed by atoms with van der Waals surface area (Å²) >= 11 is 3.47. The van der Waals surface area contributed by atoms with Gasteiger partial charge in [0.25, 0.3) is 5.91 Å². The molecule has 0 aliphatic carbocycles. The number of halogens is 1. The third-order valence-electron chi connectivity index (χ3n) is 4.77. The van der Waals surface area contributed by atoms with Crippen LogP contribution in [0.15, 0.2) is 40.9 Å². The number of esters is 1. The molecule has 1 aromatic heterocycles. The van der Waals surface area contributed by atoms with Crippen LogP contribution in [0.3, 0.4) is 0 Å². The summed E-state index contributed by atoms with van der Waals surface area (Å²) in [6.07, 6.45) is 1.57. The number of pyridine rings is 1. The number of benzene rings is 1. The fraction of sp³-hybridized carbons (Fsp3) is 0.381. The zero-order valence-electron chi connectivity index (χ0n) is 15.6. The van der Waals surface area contributed by atoms with Crippen molar-refractivity contribution in [2.75, 3.05) is 19.7 Å². The quantitative estimate of drug-likeness (QED) is 0.680. The third kappa shape index (κ3) is 4.56. The summed E-state index contributed by atoms with van der Waals surface area (Å²) in [6, 6.07) is 11.6. The summed E-state index contributed by atoms with van der Waals surface area (Å²) in [5.74, 6) is -0.526. The molecule has 142 valence electrons. The van der Waals surface area contributed by atoms with E-state index in [0.717, 1.165) is 28.6 Å². The Bertz CT molecular complexity index is 853. The van der Waals surface area contributed by atoms with E-state index in [4.69, 9.17) is 4.74 Å². The van der Waals surface area contributed by atoms with E-state index < -0.39 is 0 Å². The molecule has 0 N–H and O–H groups in total. The van der Waals surface area contributed by atoms with E-state index in [-0.39, 0.29) is 17.8 Å². The number of ether oxygens (including phenoxy) is 1. The van der Waals surface area contributed by atoms with E-state index in [9.17, 15) is 9.59 Å². The summed E-state index contributed by atoms with van der Waals surface area (Å²) < 4.78 is 6.10. The molecular formula is C21H23BrN2O3. The molecule has 1 unspecified atom stereocenters. The van der Waals surface area contributed by atoms with Gasteiger partial charge in [0.1, 0.15) is 0 Å². The number of hydrogen-bond acceptors (Lipinski definition) is 4. The number of likely N-dealkylation sites (tertiary alicyclic amines) is 1. The minimum atomic E-state index is -0.239. The lowest BCUT2D eigenvalue weighted by Crippen LogP contribution is -2.43. The van der Waals surface area contributed by atoms with Crippen LogP contribution in [-0.4, -0.2) is 41.5 Å². The molecule has 1 atom stereocenters. The minimum Gasteiger partial charge on any atom is -0.466 e. The smallest absolute Gasteiger partial charge is 0.310 e. The topological polar surface area (TPSA) is 59.5 Å². The summed E-state index contributed by atoms with van der Waals surface area (Å²) in [5.41, 5.74) is 3.09. The molecular weight excluding hydrogens is 408 g/mol. The van der Waals surface area contributed by atoms with Gasteiger partial charge in [0, 0.05) is 23.1 Å². The molecule has 6 heteroatoms. The first-order valence-electron chi connectivity index (χ1n) is 9.19. The third-order valence-corrected chi connectivity index (χ3v) is 5.26. The zero-order valence-corrected chi connectivity index (χ0v) is 17.2. The minimum absolute atomic E-state index is 0.0743. The van der Waals surface area contributed by atoms with Crippen molar-refractivity contribution in [2.45, 2.75) is 26.7 Å². The van der Waals surface area contributed by atoms with Crippen molar-refractivity contribution in [1.82, 2.24) is 9.88 Å². The van der Waals surface area contributed by atoms with Gasteiger partial charge >= 0.3 is 5.97 Å². The van der Waals surface area contributed by atoms with Crippen molar-refractivity contribution in [3.05, 3.63) is 52.1 Å². The number of aryl methyl sites for hydroxylation is 1. The number of amides is 1. The number of nitrogens with zero attached hydrogens (tertiary/aromatic N) is 2. The van der Waals surface area contributed by atoms with Crippen LogP contribution in [0.25, 0.3) is 11.3 Å². The zero-order chi connectivity index (χ0) is 19.4. The molecule has 1 fully saturated rings. The van der Waals surface area contributed by atoms with E-state index in [2.05, 4.69) is 20.9 Å². The van der Waals surface area contributed by atoms with Gasteiger partial charge in [-0.3, -0.25) is 14.6 Å². The number of carbonyl (C=O) groups is 2. The van der Waals surface area contributed by atoms with Gasteiger partial charge in [-0.25, -0.2) is 0 Å². The maximum absolute atomic E-state index is 13.0. The van der Waals surface area contributed by atoms with Crippen LogP contribution < -0.4 is 0 Å². The molecule has 1 amide bonds. The van der Waals surface area contributed by atoms with E-state index in [1.165, 1.54) is 0 Å². The first-order chi connectivity index (χ1) is 13.0. The van der Waals surface area contributed by atoms with Gasteiger partial charge in [0.2, 0.25) is 0 Å². The highest BCUT2D eigenvalue weighted by Gasteiger charge is 2.30. The number of piperidine rings is 1. The summed E-state index contributed by atoms with van der Waals surface area (Å²) in [5, 5.41) is 0. The average molecular weight is 431 g/mol. The van der Waals surface area contributed by atoms with Crippen LogP contribution in [0.4, 0.5) is 0 Å². The first kappa shape index (κ1) is 19.5. The van der Waals surface area contributed by atoms with E-state index in [1.807, 2.05) is 43.3 Å². The second-order valence-corrected chi connectivity index (χ2v) is 7.60. The molecule has 27 heavy (non-hydrogen) atoms. The Kier molecular flexibility index (Phi) is 6.26.